The maximum atomic E-state index is 13.1. The highest BCUT2D eigenvalue weighted by Crippen LogP contribution is 2.38. The van der Waals surface area contributed by atoms with Crippen LogP contribution >= 0.6 is 22.9 Å². The predicted octanol–water partition coefficient (Wildman–Crippen LogP) is 5.26. The van der Waals surface area contributed by atoms with Gasteiger partial charge in [-0.15, -0.1) is 0 Å². The van der Waals surface area contributed by atoms with Crippen molar-refractivity contribution < 1.29 is 14.3 Å². The second-order valence-corrected chi connectivity index (χ2v) is 10.8. The van der Waals surface area contributed by atoms with Gasteiger partial charge >= 0.3 is 6.09 Å². The lowest BCUT2D eigenvalue weighted by Crippen LogP contribution is -2.39. The Labute approximate surface area is 186 Å². The zero-order chi connectivity index (χ0) is 21.6. The van der Waals surface area contributed by atoms with Crippen LogP contribution < -0.4 is 4.90 Å². The standard InChI is InChI=1S/C22H28ClN3O3S/c1-13-9-16(23)10-17-18(13)24-20(30-17)26(19(27)15-5-6-15)12-14-7-8-25(11-14)21(28)29-22(2,3)4/h9-10,14-15H,5-8,11-12H2,1-4H3. The SMILES string of the molecule is Cc1cc(Cl)cc2sc(N(CC3CCN(C(=O)OC(C)(C)C)C3)C(=O)C3CC3)nc12. The van der Waals surface area contributed by atoms with Crippen LogP contribution in [-0.2, 0) is 9.53 Å². The van der Waals surface area contributed by atoms with E-state index in [0.717, 1.165) is 40.2 Å². The summed E-state index contributed by atoms with van der Waals surface area (Å²) in [5.74, 6) is 0.454. The van der Waals surface area contributed by atoms with Crippen LogP contribution in [-0.4, -0.2) is 47.1 Å². The van der Waals surface area contributed by atoms with E-state index in [0.29, 0.717) is 24.7 Å². The molecule has 0 radical (unpaired) electrons. The summed E-state index contributed by atoms with van der Waals surface area (Å²) in [6.07, 6.45) is 2.46. The number of halogens is 1. The van der Waals surface area contributed by atoms with Crippen molar-refractivity contribution in [1.82, 2.24) is 9.88 Å². The molecule has 1 saturated carbocycles. The number of likely N-dealkylation sites (tertiary alicyclic amines) is 1. The second kappa shape index (κ2) is 8.00. The minimum atomic E-state index is -0.511. The van der Waals surface area contributed by atoms with E-state index >= 15 is 0 Å². The molecule has 162 valence electrons. The van der Waals surface area contributed by atoms with Gasteiger partial charge in [-0.25, -0.2) is 9.78 Å². The average molecular weight is 450 g/mol. The van der Waals surface area contributed by atoms with Crippen LogP contribution in [0.3, 0.4) is 0 Å². The Hall–Kier alpha value is -1.86. The number of hydrogen-bond donors (Lipinski definition) is 0. The molecule has 1 aliphatic carbocycles. The zero-order valence-corrected chi connectivity index (χ0v) is 19.5. The van der Waals surface area contributed by atoms with Gasteiger partial charge in [-0.1, -0.05) is 22.9 Å². The van der Waals surface area contributed by atoms with Gasteiger partial charge in [0.25, 0.3) is 0 Å². The Morgan fingerprint density at radius 3 is 2.70 bits per heavy atom. The molecule has 1 unspecified atom stereocenters. The molecule has 1 aromatic heterocycles. The molecule has 1 saturated heterocycles. The minimum absolute atomic E-state index is 0.102. The lowest BCUT2D eigenvalue weighted by Gasteiger charge is -2.25. The summed E-state index contributed by atoms with van der Waals surface area (Å²) >= 11 is 7.72. The summed E-state index contributed by atoms with van der Waals surface area (Å²) in [4.78, 5) is 33.9. The second-order valence-electron chi connectivity index (χ2n) is 9.37. The van der Waals surface area contributed by atoms with Crippen LogP contribution in [0.2, 0.25) is 5.02 Å². The average Bonchev–Trinajstić information content (AvgIpc) is 3.22. The number of carbonyl (C=O) groups is 2. The summed E-state index contributed by atoms with van der Waals surface area (Å²) in [6, 6.07) is 3.81. The van der Waals surface area contributed by atoms with E-state index in [4.69, 9.17) is 21.3 Å². The van der Waals surface area contributed by atoms with Crippen molar-refractivity contribution in [2.45, 2.75) is 52.6 Å². The molecule has 0 spiro atoms. The largest absolute Gasteiger partial charge is 0.444 e. The third-order valence-electron chi connectivity index (χ3n) is 5.44. The highest BCUT2D eigenvalue weighted by atomic mass is 35.5. The van der Waals surface area contributed by atoms with Gasteiger partial charge in [0.15, 0.2) is 5.13 Å². The number of fused-ring (bicyclic) bond motifs is 1. The van der Waals surface area contributed by atoms with E-state index < -0.39 is 5.60 Å². The van der Waals surface area contributed by atoms with Crippen molar-refractivity contribution in [1.29, 1.82) is 0 Å². The summed E-state index contributed by atoms with van der Waals surface area (Å²) in [5, 5.41) is 1.40. The van der Waals surface area contributed by atoms with Crippen molar-refractivity contribution in [2.24, 2.45) is 11.8 Å². The molecule has 8 heteroatoms. The van der Waals surface area contributed by atoms with Gasteiger partial charge in [-0.05, 0) is 70.6 Å². The highest BCUT2D eigenvalue weighted by molar-refractivity contribution is 7.22. The van der Waals surface area contributed by atoms with Crippen LogP contribution in [0.25, 0.3) is 10.2 Å². The molecule has 0 N–H and O–H groups in total. The van der Waals surface area contributed by atoms with E-state index in [2.05, 4.69) is 0 Å². The first-order chi connectivity index (χ1) is 14.1. The molecule has 2 aromatic rings. The molecule has 0 bridgehead atoms. The molecule has 6 nitrogen and oxygen atoms in total. The van der Waals surface area contributed by atoms with Crippen molar-refractivity contribution in [2.75, 3.05) is 24.5 Å². The lowest BCUT2D eigenvalue weighted by atomic mass is 10.1. The lowest BCUT2D eigenvalue weighted by molar-refractivity contribution is -0.119. The van der Waals surface area contributed by atoms with Crippen LogP contribution in [0.5, 0.6) is 0 Å². The number of aryl methyl sites for hydroxylation is 1. The first-order valence-electron chi connectivity index (χ1n) is 10.5. The highest BCUT2D eigenvalue weighted by Gasteiger charge is 2.38. The van der Waals surface area contributed by atoms with Crippen LogP contribution in [0.4, 0.5) is 9.93 Å². The molecule has 2 heterocycles. The quantitative estimate of drug-likeness (QED) is 0.638. The van der Waals surface area contributed by atoms with Gasteiger partial charge in [-0.2, -0.15) is 0 Å². The van der Waals surface area contributed by atoms with E-state index in [-0.39, 0.29) is 23.8 Å². The Morgan fingerprint density at radius 1 is 1.30 bits per heavy atom. The Morgan fingerprint density at radius 2 is 2.03 bits per heavy atom. The maximum Gasteiger partial charge on any atom is 0.410 e. The van der Waals surface area contributed by atoms with Gasteiger partial charge in [0, 0.05) is 30.6 Å². The molecule has 30 heavy (non-hydrogen) atoms. The Bertz CT molecular complexity index is 980. The van der Waals surface area contributed by atoms with Crippen molar-refractivity contribution in [3.05, 3.63) is 22.7 Å². The van der Waals surface area contributed by atoms with Crippen molar-refractivity contribution in [3.8, 4) is 0 Å². The number of ether oxygens (including phenoxy) is 1. The first kappa shape index (κ1) is 21.4. The van der Waals surface area contributed by atoms with Crippen molar-refractivity contribution in [3.63, 3.8) is 0 Å². The Balaban J connectivity index is 1.52. The summed E-state index contributed by atoms with van der Waals surface area (Å²) in [7, 11) is 0. The molecular formula is C22H28ClN3O3S. The fourth-order valence-electron chi connectivity index (χ4n) is 3.80. The van der Waals surface area contributed by atoms with E-state index in [9.17, 15) is 9.59 Å². The number of hydrogen-bond acceptors (Lipinski definition) is 5. The third-order valence-corrected chi connectivity index (χ3v) is 6.68. The molecule has 4 rings (SSSR count). The molecule has 1 aliphatic heterocycles. The van der Waals surface area contributed by atoms with E-state index in [1.54, 1.807) is 4.90 Å². The van der Waals surface area contributed by atoms with Gasteiger partial charge in [-0.3, -0.25) is 9.69 Å². The fourth-order valence-corrected chi connectivity index (χ4v) is 5.24. The Kier molecular flexibility index (Phi) is 5.70. The number of carbonyl (C=O) groups excluding carboxylic acids is 2. The first-order valence-corrected chi connectivity index (χ1v) is 11.7. The van der Waals surface area contributed by atoms with Gasteiger partial charge in [0.1, 0.15) is 5.60 Å². The number of amides is 2. The number of rotatable bonds is 4. The zero-order valence-electron chi connectivity index (χ0n) is 17.9. The monoisotopic (exact) mass is 449 g/mol. The fraction of sp³-hybridized carbons (Fsp3) is 0.591. The minimum Gasteiger partial charge on any atom is -0.444 e. The smallest absolute Gasteiger partial charge is 0.410 e. The van der Waals surface area contributed by atoms with Crippen molar-refractivity contribution >= 4 is 50.3 Å². The number of aromatic nitrogens is 1. The van der Waals surface area contributed by atoms with Crippen LogP contribution in [0.15, 0.2) is 12.1 Å². The van der Waals surface area contributed by atoms with Gasteiger partial charge in [0.2, 0.25) is 5.91 Å². The third kappa shape index (κ3) is 4.72. The molecular weight excluding hydrogens is 422 g/mol. The molecule has 2 amide bonds. The van der Waals surface area contributed by atoms with Crippen LogP contribution in [0, 0.1) is 18.8 Å². The normalized spacial score (nSPS) is 19.4. The van der Waals surface area contributed by atoms with Gasteiger partial charge < -0.3 is 9.64 Å². The maximum absolute atomic E-state index is 13.1. The predicted molar refractivity (Wildman–Crippen MR) is 120 cm³/mol. The van der Waals surface area contributed by atoms with E-state index in [1.807, 2.05) is 44.7 Å². The van der Waals surface area contributed by atoms with E-state index in [1.165, 1.54) is 11.3 Å². The molecule has 1 aromatic carbocycles. The summed E-state index contributed by atoms with van der Waals surface area (Å²) in [5.41, 5.74) is 1.40. The topological polar surface area (TPSA) is 62.7 Å². The van der Waals surface area contributed by atoms with Gasteiger partial charge in [0.05, 0.1) is 10.2 Å². The molecule has 2 fully saturated rings. The number of nitrogens with zero attached hydrogens (tertiary/aromatic N) is 3. The molecule has 2 aliphatic rings. The number of anilines is 1. The summed E-state index contributed by atoms with van der Waals surface area (Å²) in [6.45, 7) is 9.42. The van der Waals surface area contributed by atoms with Crippen LogP contribution in [0.1, 0.15) is 45.6 Å². The summed E-state index contributed by atoms with van der Waals surface area (Å²) < 4.78 is 6.49. The number of benzene rings is 1. The molecule has 1 atom stereocenters. The number of thiazole rings is 1.